The third kappa shape index (κ3) is 3.08. The van der Waals surface area contributed by atoms with Gasteiger partial charge in [0, 0.05) is 41.7 Å². The van der Waals surface area contributed by atoms with Crippen LogP contribution in [-0.4, -0.2) is 22.6 Å². The number of ketones is 1. The molecule has 3 aromatic rings. The number of aryl methyl sites for hydroxylation is 1. The Kier molecular flexibility index (Phi) is 4.50. The lowest BCUT2D eigenvalue weighted by atomic mass is 10.1. The average molecular weight is 374 g/mol. The number of carbonyl (C=O) groups excluding carboxylic acids is 1. The summed E-state index contributed by atoms with van der Waals surface area (Å²) < 4.78 is 13.1. The number of hydrogen-bond acceptors (Lipinski definition) is 5. The number of allylic oxidation sites excluding steroid dienone is 1. The van der Waals surface area contributed by atoms with Gasteiger partial charge in [-0.2, -0.15) is 5.26 Å². The highest BCUT2D eigenvalue weighted by atomic mass is 16.5. The zero-order valence-electron chi connectivity index (χ0n) is 15.3. The van der Waals surface area contributed by atoms with Gasteiger partial charge in [-0.3, -0.25) is 4.79 Å². The molecule has 28 heavy (non-hydrogen) atoms. The van der Waals surface area contributed by atoms with Crippen molar-refractivity contribution in [3.05, 3.63) is 59.5 Å². The highest BCUT2D eigenvalue weighted by Gasteiger charge is 2.28. The highest BCUT2D eigenvalue weighted by molar-refractivity contribution is 6.15. The molecule has 1 N–H and O–H groups in total. The van der Waals surface area contributed by atoms with Crippen molar-refractivity contribution < 1.29 is 19.4 Å². The topological polar surface area (TPSA) is 84.5 Å². The first-order valence-corrected chi connectivity index (χ1v) is 8.92. The summed E-state index contributed by atoms with van der Waals surface area (Å²) in [5, 5.41) is 19.3. The van der Waals surface area contributed by atoms with E-state index in [1.54, 1.807) is 19.3 Å². The molecule has 140 valence electrons. The molecule has 0 spiro atoms. The second-order valence-electron chi connectivity index (χ2n) is 6.54. The van der Waals surface area contributed by atoms with E-state index in [1.807, 2.05) is 24.4 Å². The van der Waals surface area contributed by atoms with Crippen LogP contribution in [0.5, 0.6) is 17.2 Å². The number of carbonyl (C=O) groups is 1. The Labute approximate surface area is 161 Å². The van der Waals surface area contributed by atoms with E-state index in [0.717, 1.165) is 22.9 Å². The van der Waals surface area contributed by atoms with Crippen molar-refractivity contribution in [2.45, 2.75) is 19.4 Å². The molecule has 0 saturated carbocycles. The first-order valence-electron chi connectivity index (χ1n) is 8.92. The van der Waals surface area contributed by atoms with Crippen molar-refractivity contribution >= 4 is 22.8 Å². The Hall–Kier alpha value is -3.72. The first-order chi connectivity index (χ1) is 13.6. The lowest BCUT2D eigenvalue weighted by molar-refractivity contribution is 0.101. The molecular weight excluding hydrogens is 356 g/mol. The number of aromatic nitrogens is 1. The standard InChI is InChI=1S/C22H18N2O4/c1-27-16-5-7-19-18(12-16)14(13-24(19)9-3-2-8-23)10-21-22(26)17-6-4-15(25)11-20(17)28-21/h4-7,10-13,25H,2-3,9H2,1H3/b21-10-. The molecule has 2 aromatic carbocycles. The monoisotopic (exact) mass is 374 g/mol. The van der Waals surface area contributed by atoms with Crippen LogP contribution >= 0.6 is 0 Å². The SMILES string of the molecule is COc1ccc2c(c1)c(/C=C1\Oc3cc(O)ccc3C1=O)cn2CCCC#N. The predicted molar refractivity (Wildman–Crippen MR) is 104 cm³/mol. The quantitative estimate of drug-likeness (QED) is 0.532. The molecule has 6 nitrogen and oxygen atoms in total. The number of rotatable bonds is 5. The maximum Gasteiger partial charge on any atom is 0.231 e. The van der Waals surface area contributed by atoms with Gasteiger partial charge in [-0.1, -0.05) is 0 Å². The number of unbranched alkanes of at least 4 members (excludes halogenated alkanes) is 1. The molecule has 0 amide bonds. The summed E-state index contributed by atoms with van der Waals surface area (Å²) >= 11 is 0. The van der Waals surface area contributed by atoms with Gasteiger partial charge in [0.05, 0.1) is 18.7 Å². The molecule has 1 aromatic heterocycles. The second kappa shape index (κ2) is 7.12. The van der Waals surface area contributed by atoms with Crippen molar-refractivity contribution in [3.8, 4) is 23.3 Å². The number of aromatic hydroxyl groups is 1. The maximum absolute atomic E-state index is 12.6. The van der Waals surface area contributed by atoms with Gasteiger partial charge >= 0.3 is 0 Å². The summed E-state index contributed by atoms with van der Waals surface area (Å²) in [4.78, 5) is 12.6. The van der Waals surface area contributed by atoms with Crippen LogP contribution in [0, 0.1) is 11.3 Å². The molecule has 0 radical (unpaired) electrons. The Morgan fingerprint density at radius 1 is 1.29 bits per heavy atom. The molecule has 1 aliphatic rings. The number of phenols is 1. The van der Waals surface area contributed by atoms with E-state index in [-0.39, 0.29) is 17.3 Å². The van der Waals surface area contributed by atoms with Crippen molar-refractivity contribution in [1.82, 2.24) is 4.57 Å². The van der Waals surface area contributed by atoms with Crippen LogP contribution in [-0.2, 0) is 6.54 Å². The lowest BCUT2D eigenvalue weighted by Crippen LogP contribution is -1.98. The van der Waals surface area contributed by atoms with Crippen LogP contribution in [0.1, 0.15) is 28.8 Å². The molecule has 2 heterocycles. The molecule has 0 atom stereocenters. The molecular formula is C22H18N2O4. The fourth-order valence-corrected chi connectivity index (χ4v) is 3.38. The zero-order valence-corrected chi connectivity index (χ0v) is 15.3. The van der Waals surface area contributed by atoms with Crippen LogP contribution in [0.3, 0.4) is 0 Å². The van der Waals surface area contributed by atoms with Crippen molar-refractivity contribution in [3.63, 3.8) is 0 Å². The van der Waals surface area contributed by atoms with E-state index >= 15 is 0 Å². The minimum atomic E-state index is -0.219. The van der Waals surface area contributed by atoms with Crippen LogP contribution in [0.4, 0.5) is 0 Å². The van der Waals surface area contributed by atoms with E-state index in [0.29, 0.717) is 30.0 Å². The van der Waals surface area contributed by atoms with Crippen LogP contribution in [0.25, 0.3) is 17.0 Å². The predicted octanol–water partition coefficient (Wildman–Crippen LogP) is 4.28. The van der Waals surface area contributed by atoms with Gasteiger partial charge in [-0.15, -0.1) is 0 Å². The number of ether oxygens (including phenoxy) is 2. The fraction of sp³-hybridized carbons (Fsp3) is 0.182. The van der Waals surface area contributed by atoms with Crippen molar-refractivity contribution in [2.24, 2.45) is 0 Å². The largest absolute Gasteiger partial charge is 0.508 e. The van der Waals surface area contributed by atoms with E-state index in [4.69, 9.17) is 14.7 Å². The first kappa shape index (κ1) is 17.7. The summed E-state index contributed by atoms with van der Waals surface area (Å²) in [7, 11) is 1.61. The van der Waals surface area contributed by atoms with Gasteiger partial charge < -0.3 is 19.1 Å². The third-order valence-electron chi connectivity index (χ3n) is 4.75. The number of fused-ring (bicyclic) bond motifs is 2. The molecule has 0 aliphatic carbocycles. The van der Waals surface area contributed by atoms with E-state index in [9.17, 15) is 9.90 Å². The smallest absolute Gasteiger partial charge is 0.231 e. The third-order valence-corrected chi connectivity index (χ3v) is 4.75. The second-order valence-corrected chi connectivity index (χ2v) is 6.54. The average Bonchev–Trinajstić information content (AvgIpc) is 3.19. The molecule has 0 fully saturated rings. The molecule has 0 saturated heterocycles. The number of benzene rings is 2. The Balaban J connectivity index is 1.77. The van der Waals surface area contributed by atoms with Gasteiger partial charge in [0.15, 0.2) is 5.76 Å². The van der Waals surface area contributed by atoms with Gasteiger partial charge in [0.25, 0.3) is 0 Å². The van der Waals surface area contributed by atoms with Crippen LogP contribution < -0.4 is 9.47 Å². The van der Waals surface area contributed by atoms with Gasteiger partial charge in [-0.05, 0) is 42.8 Å². The molecule has 1 aliphatic heterocycles. The lowest BCUT2D eigenvalue weighted by Gasteiger charge is -2.04. The van der Waals surface area contributed by atoms with E-state index in [2.05, 4.69) is 10.6 Å². The normalized spacial score (nSPS) is 14.1. The van der Waals surface area contributed by atoms with Gasteiger partial charge in [0.1, 0.15) is 17.2 Å². The summed E-state index contributed by atoms with van der Waals surface area (Å²) in [6.45, 7) is 0.697. The number of Topliss-reactive ketones (excluding diaryl/α,β-unsaturated/α-hetero) is 1. The zero-order chi connectivity index (χ0) is 19.7. The summed E-state index contributed by atoms with van der Waals surface area (Å²) in [6, 6.07) is 12.4. The number of phenolic OH excluding ortho intramolecular Hbond substituents is 1. The molecule has 4 rings (SSSR count). The van der Waals surface area contributed by atoms with E-state index in [1.165, 1.54) is 12.1 Å². The molecule has 0 bridgehead atoms. The number of hydrogen-bond donors (Lipinski definition) is 1. The minimum absolute atomic E-state index is 0.0478. The summed E-state index contributed by atoms with van der Waals surface area (Å²) in [6.07, 6.45) is 4.88. The number of methoxy groups -OCH3 is 1. The Morgan fingerprint density at radius 2 is 2.14 bits per heavy atom. The summed E-state index contributed by atoms with van der Waals surface area (Å²) in [5.41, 5.74) is 2.25. The van der Waals surface area contributed by atoms with Gasteiger partial charge in [0.2, 0.25) is 5.78 Å². The number of nitriles is 1. The fourth-order valence-electron chi connectivity index (χ4n) is 3.38. The van der Waals surface area contributed by atoms with Gasteiger partial charge in [-0.25, -0.2) is 0 Å². The van der Waals surface area contributed by atoms with Crippen molar-refractivity contribution in [1.29, 1.82) is 5.26 Å². The highest BCUT2D eigenvalue weighted by Crippen LogP contribution is 2.36. The van der Waals surface area contributed by atoms with Crippen LogP contribution in [0.15, 0.2) is 48.4 Å². The number of nitrogens with zero attached hydrogens (tertiary/aromatic N) is 2. The molecule has 6 heteroatoms. The van der Waals surface area contributed by atoms with Crippen LogP contribution in [0.2, 0.25) is 0 Å². The minimum Gasteiger partial charge on any atom is -0.508 e. The Morgan fingerprint density at radius 3 is 2.93 bits per heavy atom. The Bertz CT molecular complexity index is 1150. The van der Waals surface area contributed by atoms with Crippen molar-refractivity contribution in [2.75, 3.05) is 7.11 Å². The summed E-state index contributed by atoms with van der Waals surface area (Å²) in [5.74, 6) is 1.11. The van der Waals surface area contributed by atoms with E-state index < -0.39 is 0 Å². The maximum atomic E-state index is 12.6. The molecule has 0 unspecified atom stereocenters.